The van der Waals surface area contributed by atoms with Gasteiger partial charge in [0.05, 0.1) is 11.6 Å². The molecule has 0 aromatic heterocycles. The van der Waals surface area contributed by atoms with Crippen LogP contribution in [-0.2, 0) is 9.53 Å². The average molecular weight is 301 g/mol. The van der Waals surface area contributed by atoms with E-state index in [0.29, 0.717) is 12.5 Å². The number of esters is 1. The zero-order valence-electron chi connectivity index (χ0n) is 14.5. The minimum atomic E-state index is -0.161. The van der Waals surface area contributed by atoms with Crippen molar-refractivity contribution in [3.63, 3.8) is 0 Å². The van der Waals surface area contributed by atoms with E-state index < -0.39 is 0 Å². The van der Waals surface area contributed by atoms with Crippen LogP contribution in [0.5, 0.6) is 0 Å². The van der Waals surface area contributed by atoms with Gasteiger partial charge in [0.25, 0.3) is 0 Å². The SMILES string of the molecule is CCCCCCCCOC(=O)C([SiH3])(CC)C(CC)CC. The van der Waals surface area contributed by atoms with Crippen molar-refractivity contribution < 1.29 is 9.53 Å². The van der Waals surface area contributed by atoms with E-state index in [0.717, 1.165) is 35.9 Å². The molecule has 2 nitrogen and oxygen atoms in total. The van der Waals surface area contributed by atoms with Crippen LogP contribution in [-0.4, -0.2) is 22.8 Å². The molecule has 0 radical (unpaired) electrons. The summed E-state index contributed by atoms with van der Waals surface area (Å²) in [6.07, 6.45) is 10.5. The molecule has 0 aliphatic rings. The quantitative estimate of drug-likeness (QED) is 0.306. The number of hydrogen-bond acceptors (Lipinski definition) is 2. The fourth-order valence-corrected chi connectivity index (χ4v) is 3.96. The molecule has 1 atom stereocenters. The van der Waals surface area contributed by atoms with E-state index in [1.807, 2.05) is 0 Å². The zero-order chi connectivity index (χ0) is 15.4. The van der Waals surface area contributed by atoms with Crippen molar-refractivity contribution in [3.8, 4) is 0 Å². The van der Waals surface area contributed by atoms with E-state index >= 15 is 0 Å². The highest BCUT2D eigenvalue weighted by Gasteiger charge is 2.38. The van der Waals surface area contributed by atoms with Crippen LogP contribution in [0.1, 0.15) is 85.5 Å². The second-order valence-electron chi connectivity index (χ2n) is 6.19. The number of hydrogen-bond donors (Lipinski definition) is 0. The van der Waals surface area contributed by atoms with Crippen LogP contribution in [0.25, 0.3) is 0 Å². The van der Waals surface area contributed by atoms with Crippen LogP contribution in [0.2, 0.25) is 5.04 Å². The number of ether oxygens (including phenoxy) is 1. The fourth-order valence-electron chi connectivity index (χ4n) is 3.00. The summed E-state index contributed by atoms with van der Waals surface area (Å²) in [4.78, 5) is 12.4. The summed E-state index contributed by atoms with van der Waals surface area (Å²) in [7, 11) is 0.901. The van der Waals surface area contributed by atoms with Crippen molar-refractivity contribution in [2.45, 2.75) is 90.5 Å². The molecule has 0 bridgehead atoms. The lowest BCUT2D eigenvalue weighted by Gasteiger charge is -2.33. The Kier molecular flexibility index (Phi) is 11.2. The highest BCUT2D eigenvalue weighted by atomic mass is 28.1. The van der Waals surface area contributed by atoms with Crippen molar-refractivity contribution in [3.05, 3.63) is 0 Å². The van der Waals surface area contributed by atoms with Gasteiger partial charge in [0.15, 0.2) is 0 Å². The summed E-state index contributed by atoms with van der Waals surface area (Å²) in [6, 6.07) is 0. The van der Waals surface area contributed by atoms with E-state index in [9.17, 15) is 4.79 Å². The Bertz CT molecular complexity index is 251. The van der Waals surface area contributed by atoms with Gasteiger partial charge in [0.1, 0.15) is 0 Å². The molecule has 0 amide bonds. The van der Waals surface area contributed by atoms with E-state index in [2.05, 4.69) is 27.7 Å². The van der Waals surface area contributed by atoms with Gasteiger partial charge in [-0.25, -0.2) is 0 Å². The Morgan fingerprint density at radius 2 is 1.55 bits per heavy atom. The molecular weight excluding hydrogens is 264 g/mol. The molecule has 0 saturated heterocycles. The molecular formula is C17H36O2Si. The average Bonchev–Trinajstić information content (AvgIpc) is 2.46. The Morgan fingerprint density at radius 3 is 2.05 bits per heavy atom. The van der Waals surface area contributed by atoms with Crippen molar-refractivity contribution in [1.29, 1.82) is 0 Å². The maximum atomic E-state index is 12.4. The Balaban J connectivity index is 4.04. The number of carbonyl (C=O) groups excluding carboxylic acids is 1. The first-order valence-electron chi connectivity index (χ1n) is 8.73. The minimum absolute atomic E-state index is 0.0777. The van der Waals surface area contributed by atoms with Gasteiger partial charge < -0.3 is 4.74 Å². The van der Waals surface area contributed by atoms with Crippen LogP contribution in [0.3, 0.4) is 0 Å². The van der Waals surface area contributed by atoms with Crippen LogP contribution in [0.15, 0.2) is 0 Å². The van der Waals surface area contributed by atoms with Crippen LogP contribution < -0.4 is 0 Å². The van der Waals surface area contributed by atoms with Gasteiger partial charge in [-0.05, 0) is 18.8 Å². The first-order chi connectivity index (χ1) is 9.56. The summed E-state index contributed by atoms with van der Waals surface area (Å²) in [6.45, 7) is 9.37. The van der Waals surface area contributed by atoms with Gasteiger partial charge in [-0.15, -0.1) is 0 Å². The molecule has 120 valence electrons. The standard InChI is InChI=1S/C17H36O2Si/c1-5-9-10-11-12-13-14-19-16(18)17(20,8-4)15(6-2)7-3/h15H,5-14H2,1-4,20H3. The molecule has 1 unspecified atom stereocenters. The summed E-state index contributed by atoms with van der Waals surface area (Å²) in [5.74, 6) is 0.574. The molecule has 0 heterocycles. The number of carbonyl (C=O) groups is 1. The highest BCUT2D eigenvalue weighted by molar-refractivity contribution is 6.27. The molecule has 0 aliphatic carbocycles. The summed E-state index contributed by atoms with van der Waals surface area (Å²) in [5.41, 5.74) is 0. The molecule has 0 spiro atoms. The van der Waals surface area contributed by atoms with Gasteiger partial charge in [0.2, 0.25) is 0 Å². The Labute approximate surface area is 129 Å². The highest BCUT2D eigenvalue weighted by Crippen LogP contribution is 2.41. The van der Waals surface area contributed by atoms with Crippen LogP contribution in [0, 0.1) is 5.92 Å². The van der Waals surface area contributed by atoms with E-state index in [1.165, 1.54) is 32.1 Å². The monoisotopic (exact) mass is 300 g/mol. The van der Waals surface area contributed by atoms with Crippen LogP contribution in [0.4, 0.5) is 0 Å². The maximum absolute atomic E-state index is 12.4. The van der Waals surface area contributed by atoms with E-state index in [4.69, 9.17) is 4.74 Å². The third-order valence-electron chi connectivity index (χ3n) is 4.82. The predicted octanol–water partition coefficient (Wildman–Crippen LogP) is 4.26. The molecule has 3 heteroatoms. The molecule has 0 fully saturated rings. The fraction of sp³-hybridized carbons (Fsp3) is 0.941. The summed E-state index contributed by atoms with van der Waals surface area (Å²) < 4.78 is 5.59. The van der Waals surface area contributed by atoms with Gasteiger partial charge in [-0.2, -0.15) is 0 Å². The number of unbranched alkanes of at least 4 members (excludes halogenated alkanes) is 5. The van der Waals surface area contributed by atoms with Gasteiger partial charge >= 0.3 is 5.97 Å². The first kappa shape index (κ1) is 19.7. The second-order valence-corrected chi connectivity index (χ2v) is 7.97. The molecule has 0 rings (SSSR count). The molecule has 0 aromatic rings. The lowest BCUT2D eigenvalue weighted by Crippen LogP contribution is -2.33. The molecule has 0 N–H and O–H groups in total. The van der Waals surface area contributed by atoms with Crippen molar-refractivity contribution >= 4 is 16.2 Å². The second kappa shape index (κ2) is 11.4. The lowest BCUT2D eigenvalue weighted by atomic mass is 9.84. The zero-order valence-corrected chi connectivity index (χ0v) is 16.5. The van der Waals surface area contributed by atoms with Crippen molar-refractivity contribution in [2.75, 3.05) is 6.61 Å². The number of rotatable bonds is 12. The molecule has 0 saturated carbocycles. The van der Waals surface area contributed by atoms with E-state index in [1.54, 1.807) is 0 Å². The van der Waals surface area contributed by atoms with Gasteiger partial charge in [0, 0.05) is 10.2 Å². The topological polar surface area (TPSA) is 26.3 Å². The smallest absolute Gasteiger partial charge is 0.308 e. The normalized spacial score (nSPS) is 14.4. The molecule has 0 aromatic carbocycles. The van der Waals surface area contributed by atoms with Gasteiger partial charge in [-0.3, -0.25) is 4.79 Å². The molecule has 0 aliphatic heterocycles. The summed E-state index contributed by atoms with van der Waals surface area (Å²) in [5, 5.41) is -0.161. The Hall–Kier alpha value is -0.313. The maximum Gasteiger partial charge on any atom is 0.308 e. The largest absolute Gasteiger partial charge is 0.466 e. The predicted molar refractivity (Wildman–Crippen MR) is 91.3 cm³/mol. The minimum Gasteiger partial charge on any atom is -0.466 e. The molecule has 20 heavy (non-hydrogen) atoms. The third kappa shape index (κ3) is 6.42. The summed E-state index contributed by atoms with van der Waals surface area (Å²) >= 11 is 0. The van der Waals surface area contributed by atoms with Crippen LogP contribution >= 0.6 is 0 Å². The first-order valence-corrected chi connectivity index (χ1v) is 9.73. The Morgan fingerprint density at radius 1 is 1.00 bits per heavy atom. The lowest BCUT2D eigenvalue weighted by molar-refractivity contribution is -0.149. The van der Waals surface area contributed by atoms with E-state index in [-0.39, 0.29) is 11.0 Å². The van der Waals surface area contributed by atoms with Gasteiger partial charge in [-0.1, -0.05) is 72.6 Å². The van der Waals surface area contributed by atoms with Crippen molar-refractivity contribution in [1.82, 2.24) is 0 Å². The third-order valence-corrected chi connectivity index (χ3v) is 6.75. The van der Waals surface area contributed by atoms with Crippen molar-refractivity contribution in [2.24, 2.45) is 5.92 Å².